The fourth-order valence-electron chi connectivity index (χ4n) is 1.10. The van der Waals surface area contributed by atoms with Gasteiger partial charge in [0.25, 0.3) is 0 Å². The number of nitrogens with two attached hydrogens (primary N) is 1. The van der Waals surface area contributed by atoms with E-state index in [9.17, 15) is 4.79 Å². The highest BCUT2D eigenvalue weighted by Gasteiger charge is 2.33. The van der Waals surface area contributed by atoms with Gasteiger partial charge in [-0.25, -0.2) is 0 Å². The molecule has 1 heterocycles. The minimum Gasteiger partial charge on any atom is -0.377 e. The summed E-state index contributed by atoms with van der Waals surface area (Å²) in [6.07, 6.45) is 2.56. The number of hydrogen-bond donors (Lipinski definition) is 2. The Bertz CT molecular complexity index is 198. The van der Waals surface area contributed by atoms with Crippen molar-refractivity contribution in [1.82, 2.24) is 5.32 Å². The summed E-state index contributed by atoms with van der Waals surface area (Å²) in [5, 5.41) is 2.95. The topological polar surface area (TPSA) is 55.1 Å². The van der Waals surface area contributed by atoms with E-state index in [1.807, 2.05) is 20.0 Å². The van der Waals surface area contributed by atoms with Crippen LogP contribution in [0.15, 0.2) is 11.8 Å². The van der Waals surface area contributed by atoms with Crippen LogP contribution in [0.25, 0.3) is 0 Å². The van der Waals surface area contributed by atoms with E-state index in [1.54, 1.807) is 0 Å². The molecule has 0 aliphatic carbocycles. The third-order valence-corrected chi connectivity index (χ3v) is 1.81. The molecule has 0 aromatic carbocycles. The van der Waals surface area contributed by atoms with Gasteiger partial charge in [0.05, 0.1) is 0 Å². The molecule has 0 saturated heterocycles. The first kappa shape index (κ1) is 7.12. The molecule has 0 saturated carbocycles. The molecular formula is C7H12N2O. The molecule has 56 valence electrons. The average Bonchev–Trinajstić information content (AvgIpc) is 2.13. The van der Waals surface area contributed by atoms with Crippen molar-refractivity contribution < 1.29 is 4.79 Å². The lowest BCUT2D eigenvalue weighted by atomic mass is 9.97. The van der Waals surface area contributed by atoms with E-state index < -0.39 is 5.54 Å². The summed E-state index contributed by atoms with van der Waals surface area (Å²) in [5.41, 5.74) is 5.79. The lowest BCUT2D eigenvalue weighted by Crippen LogP contribution is -2.48. The highest BCUT2D eigenvalue weighted by atomic mass is 16.1. The molecule has 3 heteroatoms. The predicted molar refractivity (Wildman–Crippen MR) is 39.1 cm³/mol. The summed E-state index contributed by atoms with van der Waals surface area (Å²) in [6, 6.07) is 0. The second-order valence-corrected chi connectivity index (χ2v) is 3.01. The average molecular weight is 140 g/mol. The van der Waals surface area contributed by atoms with Gasteiger partial charge in [-0.15, -0.1) is 0 Å². The summed E-state index contributed by atoms with van der Waals surface area (Å²) < 4.78 is 0. The molecule has 0 aromatic heterocycles. The minimum atomic E-state index is -0.538. The first-order chi connectivity index (χ1) is 4.54. The van der Waals surface area contributed by atoms with Crippen molar-refractivity contribution in [2.45, 2.75) is 25.8 Å². The number of hydrogen-bond acceptors (Lipinski definition) is 2. The Morgan fingerprint density at radius 1 is 1.90 bits per heavy atom. The Hall–Kier alpha value is -0.990. The number of primary amides is 1. The zero-order valence-corrected chi connectivity index (χ0v) is 6.27. The zero-order valence-electron chi connectivity index (χ0n) is 6.27. The molecule has 3 N–H and O–H groups in total. The summed E-state index contributed by atoms with van der Waals surface area (Å²) in [4.78, 5) is 10.8. The Morgan fingerprint density at radius 3 is 2.70 bits per heavy atom. The predicted octanol–water partition coefficient (Wildman–Crippen LogP) is 0.127. The molecule has 1 amide bonds. The van der Waals surface area contributed by atoms with Crippen LogP contribution in [-0.4, -0.2) is 11.4 Å². The van der Waals surface area contributed by atoms with E-state index in [2.05, 4.69) is 5.32 Å². The van der Waals surface area contributed by atoms with E-state index in [0.717, 1.165) is 6.42 Å². The van der Waals surface area contributed by atoms with E-state index in [1.165, 1.54) is 5.57 Å². The highest BCUT2D eigenvalue weighted by molar-refractivity contribution is 5.85. The van der Waals surface area contributed by atoms with Crippen LogP contribution in [-0.2, 0) is 4.79 Å². The molecule has 1 aliphatic heterocycles. The van der Waals surface area contributed by atoms with Crippen molar-refractivity contribution in [2.24, 2.45) is 5.73 Å². The molecule has 0 aromatic rings. The SMILES string of the molecule is CC1=CNC(C)(C(N)=O)C1. The molecular weight excluding hydrogens is 128 g/mol. The normalized spacial score (nSPS) is 31.2. The number of carbonyl (C=O) groups excluding carboxylic acids is 1. The largest absolute Gasteiger partial charge is 0.377 e. The van der Waals surface area contributed by atoms with Crippen LogP contribution in [0.2, 0.25) is 0 Å². The summed E-state index contributed by atoms with van der Waals surface area (Å²) in [7, 11) is 0. The smallest absolute Gasteiger partial charge is 0.243 e. The summed E-state index contributed by atoms with van der Waals surface area (Å²) in [5.74, 6) is -0.291. The van der Waals surface area contributed by atoms with Gasteiger partial charge in [-0.1, -0.05) is 5.57 Å². The van der Waals surface area contributed by atoms with Crippen LogP contribution in [0.1, 0.15) is 20.3 Å². The van der Waals surface area contributed by atoms with Crippen LogP contribution < -0.4 is 11.1 Å². The van der Waals surface area contributed by atoms with Crippen LogP contribution in [0.4, 0.5) is 0 Å². The van der Waals surface area contributed by atoms with Gasteiger partial charge in [0.2, 0.25) is 5.91 Å². The van der Waals surface area contributed by atoms with Crippen LogP contribution >= 0.6 is 0 Å². The van der Waals surface area contributed by atoms with Gasteiger partial charge in [0.1, 0.15) is 5.54 Å². The van der Waals surface area contributed by atoms with Gasteiger partial charge in [-0.2, -0.15) is 0 Å². The fraction of sp³-hybridized carbons (Fsp3) is 0.571. The van der Waals surface area contributed by atoms with Gasteiger partial charge >= 0.3 is 0 Å². The molecule has 10 heavy (non-hydrogen) atoms. The third-order valence-electron chi connectivity index (χ3n) is 1.81. The Morgan fingerprint density at radius 2 is 2.50 bits per heavy atom. The molecule has 1 rings (SSSR count). The first-order valence-corrected chi connectivity index (χ1v) is 3.28. The van der Waals surface area contributed by atoms with Crippen LogP contribution in [0.3, 0.4) is 0 Å². The maximum absolute atomic E-state index is 10.8. The Balaban J connectivity index is 2.70. The van der Waals surface area contributed by atoms with Crippen molar-refractivity contribution >= 4 is 5.91 Å². The van der Waals surface area contributed by atoms with Gasteiger partial charge in [-0.3, -0.25) is 4.79 Å². The molecule has 0 radical (unpaired) electrons. The molecule has 1 aliphatic rings. The van der Waals surface area contributed by atoms with Crippen molar-refractivity contribution in [3.63, 3.8) is 0 Å². The summed E-state index contributed by atoms with van der Waals surface area (Å²) in [6.45, 7) is 3.78. The van der Waals surface area contributed by atoms with Crippen molar-refractivity contribution in [1.29, 1.82) is 0 Å². The molecule has 0 bridgehead atoms. The van der Waals surface area contributed by atoms with Crippen molar-refractivity contribution in [3.05, 3.63) is 11.8 Å². The third kappa shape index (κ3) is 0.988. The van der Waals surface area contributed by atoms with E-state index >= 15 is 0 Å². The van der Waals surface area contributed by atoms with Crippen molar-refractivity contribution in [2.75, 3.05) is 0 Å². The number of nitrogens with one attached hydrogen (secondary N) is 1. The lowest BCUT2D eigenvalue weighted by Gasteiger charge is -2.20. The molecule has 3 nitrogen and oxygen atoms in total. The zero-order chi connectivity index (χ0) is 7.78. The van der Waals surface area contributed by atoms with Gasteiger partial charge in [-0.05, 0) is 20.0 Å². The molecule has 0 fully saturated rings. The van der Waals surface area contributed by atoms with Gasteiger partial charge in [0.15, 0.2) is 0 Å². The van der Waals surface area contributed by atoms with Gasteiger partial charge in [0, 0.05) is 6.42 Å². The maximum atomic E-state index is 10.8. The number of carbonyl (C=O) groups is 1. The van der Waals surface area contributed by atoms with E-state index in [4.69, 9.17) is 5.73 Å². The maximum Gasteiger partial charge on any atom is 0.243 e. The van der Waals surface area contributed by atoms with Crippen molar-refractivity contribution in [3.8, 4) is 0 Å². The first-order valence-electron chi connectivity index (χ1n) is 3.28. The van der Waals surface area contributed by atoms with Crippen LogP contribution in [0.5, 0.6) is 0 Å². The Kier molecular flexibility index (Phi) is 1.43. The van der Waals surface area contributed by atoms with E-state index in [-0.39, 0.29) is 5.91 Å². The Labute approximate surface area is 60.3 Å². The minimum absolute atomic E-state index is 0.291. The fourth-order valence-corrected chi connectivity index (χ4v) is 1.10. The monoisotopic (exact) mass is 140 g/mol. The second kappa shape index (κ2) is 2.01. The van der Waals surface area contributed by atoms with E-state index in [0.29, 0.717) is 0 Å². The number of amides is 1. The standard InChI is InChI=1S/C7H12N2O/c1-5-3-7(2,6(8)10)9-4-5/h4,9H,3H2,1-2H3,(H2,8,10). The quantitative estimate of drug-likeness (QED) is 0.544. The van der Waals surface area contributed by atoms with Crippen LogP contribution in [0, 0.1) is 0 Å². The molecule has 0 spiro atoms. The molecule has 1 atom stereocenters. The lowest BCUT2D eigenvalue weighted by molar-refractivity contribution is -0.123. The second-order valence-electron chi connectivity index (χ2n) is 3.01. The molecule has 1 unspecified atom stereocenters. The highest BCUT2D eigenvalue weighted by Crippen LogP contribution is 2.21. The van der Waals surface area contributed by atoms with Gasteiger partial charge < -0.3 is 11.1 Å². The summed E-state index contributed by atoms with van der Waals surface area (Å²) >= 11 is 0. The number of rotatable bonds is 1.